The van der Waals surface area contributed by atoms with E-state index in [0.717, 1.165) is 31.6 Å². The fourth-order valence-corrected chi connectivity index (χ4v) is 3.05. The molecule has 2 fully saturated rings. The van der Waals surface area contributed by atoms with Crippen molar-refractivity contribution >= 4 is 17.6 Å². The third-order valence-electron chi connectivity index (χ3n) is 4.57. The fourth-order valence-electron chi connectivity index (χ4n) is 3.05. The molecule has 1 saturated carbocycles. The van der Waals surface area contributed by atoms with E-state index in [1.165, 1.54) is 12.8 Å². The van der Waals surface area contributed by atoms with E-state index < -0.39 is 29.0 Å². The van der Waals surface area contributed by atoms with Crippen LogP contribution in [0.25, 0.3) is 0 Å². The molecule has 1 heterocycles. The number of rotatable bonds is 5. The summed E-state index contributed by atoms with van der Waals surface area (Å²) in [6.45, 7) is 1.81. The highest BCUT2D eigenvalue weighted by atomic mass is 19.2. The van der Waals surface area contributed by atoms with Crippen molar-refractivity contribution < 1.29 is 18.0 Å². The molecule has 0 radical (unpaired) electrons. The lowest BCUT2D eigenvalue weighted by Gasteiger charge is -2.18. The van der Waals surface area contributed by atoms with E-state index >= 15 is 0 Å². The van der Waals surface area contributed by atoms with Crippen LogP contribution in [0.3, 0.4) is 0 Å². The molecule has 26 heavy (non-hydrogen) atoms. The Hall–Kier alpha value is -2.29. The second-order valence-electron chi connectivity index (χ2n) is 6.55. The Labute approximate surface area is 149 Å². The molecule has 1 amide bonds. The molecule has 0 spiro atoms. The first-order valence-electron chi connectivity index (χ1n) is 8.62. The molecule has 1 saturated heterocycles. The summed E-state index contributed by atoms with van der Waals surface area (Å²) in [5.74, 6) is -4.47. The van der Waals surface area contributed by atoms with Gasteiger partial charge in [-0.1, -0.05) is 0 Å². The predicted molar refractivity (Wildman–Crippen MR) is 92.4 cm³/mol. The number of aliphatic imine (C=N–C) groups is 1. The maximum atomic E-state index is 13.6. The summed E-state index contributed by atoms with van der Waals surface area (Å²) in [6, 6.07) is 2.71. The number of carbonyl (C=O) groups excluding carboxylic acids is 1. The minimum absolute atomic E-state index is 0.183. The van der Waals surface area contributed by atoms with Crippen molar-refractivity contribution in [3.63, 3.8) is 0 Å². The zero-order chi connectivity index (χ0) is 18.7. The van der Waals surface area contributed by atoms with Crippen molar-refractivity contribution in [2.75, 3.05) is 32.0 Å². The molecular formula is C17H22F3N5O. The van der Waals surface area contributed by atoms with Crippen LogP contribution in [0, 0.1) is 17.5 Å². The van der Waals surface area contributed by atoms with Gasteiger partial charge in [0.25, 0.3) is 0 Å². The number of nitrogens with zero attached hydrogens (tertiary/aromatic N) is 2. The Balaban J connectivity index is 1.46. The number of amides is 1. The van der Waals surface area contributed by atoms with E-state index in [4.69, 9.17) is 0 Å². The lowest BCUT2D eigenvalue weighted by Crippen LogP contribution is -2.46. The van der Waals surface area contributed by atoms with Crippen LogP contribution >= 0.6 is 0 Å². The Morgan fingerprint density at radius 3 is 2.69 bits per heavy atom. The van der Waals surface area contributed by atoms with Gasteiger partial charge >= 0.3 is 0 Å². The smallest absolute Gasteiger partial charge is 0.243 e. The Kier molecular flexibility index (Phi) is 5.65. The van der Waals surface area contributed by atoms with E-state index in [2.05, 4.69) is 25.8 Å². The van der Waals surface area contributed by atoms with Gasteiger partial charge in [-0.3, -0.25) is 14.7 Å². The molecule has 1 aromatic carbocycles. The van der Waals surface area contributed by atoms with Crippen molar-refractivity contribution in [1.29, 1.82) is 0 Å². The molecule has 1 unspecified atom stereocenters. The highest BCUT2D eigenvalue weighted by Gasteiger charge is 2.34. The third-order valence-corrected chi connectivity index (χ3v) is 4.57. The van der Waals surface area contributed by atoms with Crippen LogP contribution in [0.2, 0.25) is 0 Å². The van der Waals surface area contributed by atoms with Crippen LogP contribution in [-0.4, -0.2) is 55.5 Å². The number of benzene rings is 1. The summed E-state index contributed by atoms with van der Waals surface area (Å²) in [5, 5.41) is 8.31. The van der Waals surface area contributed by atoms with Crippen LogP contribution < -0.4 is 16.0 Å². The summed E-state index contributed by atoms with van der Waals surface area (Å²) in [6.07, 6.45) is 3.53. The molecule has 0 aromatic heterocycles. The maximum absolute atomic E-state index is 13.6. The minimum atomic E-state index is -1.62. The molecule has 142 valence electrons. The van der Waals surface area contributed by atoms with Crippen molar-refractivity contribution in [2.45, 2.75) is 31.3 Å². The molecule has 6 nitrogen and oxygen atoms in total. The predicted octanol–water partition coefficient (Wildman–Crippen LogP) is 1.44. The fraction of sp³-hybridized carbons (Fsp3) is 0.529. The average Bonchev–Trinajstić information content (AvgIpc) is 3.38. The zero-order valence-electron chi connectivity index (χ0n) is 14.5. The molecule has 1 aliphatic carbocycles. The monoisotopic (exact) mass is 369 g/mol. The molecule has 2 aliphatic rings. The number of nitrogens with one attached hydrogen (secondary N) is 3. The molecule has 1 aliphatic heterocycles. The molecule has 1 atom stereocenters. The van der Waals surface area contributed by atoms with Crippen LogP contribution in [0.1, 0.15) is 19.3 Å². The van der Waals surface area contributed by atoms with E-state index in [-0.39, 0.29) is 12.6 Å². The van der Waals surface area contributed by atoms with Gasteiger partial charge in [0.15, 0.2) is 23.4 Å². The molecule has 9 heteroatoms. The quantitative estimate of drug-likeness (QED) is 0.417. The van der Waals surface area contributed by atoms with Crippen molar-refractivity contribution in [3.05, 3.63) is 29.6 Å². The normalized spacial score (nSPS) is 20.9. The highest BCUT2D eigenvalue weighted by molar-refractivity contribution is 5.95. The van der Waals surface area contributed by atoms with Gasteiger partial charge in [-0.15, -0.1) is 0 Å². The number of guanidine groups is 1. The summed E-state index contributed by atoms with van der Waals surface area (Å²) >= 11 is 0. The first-order valence-corrected chi connectivity index (χ1v) is 8.62. The van der Waals surface area contributed by atoms with Gasteiger partial charge < -0.3 is 16.0 Å². The number of likely N-dealkylation sites (tertiary alicyclic amines) is 1. The van der Waals surface area contributed by atoms with Gasteiger partial charge in [-0.05, 0) is 31.4 Å². The van der Waals surface area contributed by atoms with Crippen molar-refractivity contribution in [2.24, 2.45) is 4.99 Å². The van der Waals surface area contributed by atoms with Gasteiger partial charge in [0.05, 0.1) is 12.2 Å². The summed E-state index contributed by atoms with van der Waals surface area (Å²) in [5.41, 5.74) is -0.408. The highest BCUT2D eigenvalue weighted by Crippen LogP contribution is 2.29. The van der Waals surface area contributed by atoms with E-state index in [0.29, 0.717) is 12.0 Å². The van der Waals surface area contributed by atoms with Gasteiger partial charge in [-0.2, -0.15) is 0 Å². The Morgan fingerprint density at radius 1 is 1.23 bits per heavy atom. The Morgan fingerprint density at radius 2 is 2.00 bits per heavy atom. The first kappa shape index (κ1) is 18.5. The minimum Gasteiger partial charge on any atom is -0.352 e. The summed E-state index contributed by atoms with van der Waals surface area (Å²) < 4.78 is 39.7. The molecule has 3 rings (SSSR count). The van der Waals surface area contributed by atoms with Crippen LogP contribution in [-0.2, 0) is 4.79 Å². The lowest BCUT2D eigenvalue weighted by molar-refractivity contribution is -0.115. The topological polar surface area (TPSA) is 68.8 Å². The summed E-state index contributed by atoms with van der Waals surface area (Å²) in [7, 11) is 1.59. The second-order valence-corrected chi connectivity index (χ2v) is 6.55. The number of halogens is 3. The molecule has 1 aromatic rings. The number of hydrogen-bond acceptors (Lipinski definition) is 3. The number of carbonyl (C=O) groups is 1. The van der Waals surface area contributed by atoms with Gasteiger partial charge in [0.1, 0.15) is 0 Å². The Bertz CT molecular complexity index is 708. The SMILES string of the molecule is CN=C(NCC(=O)Nc1ccc(F)c(F)c1F)NC1CCN(C2CC2)C1. The molecule has 0 bridgehead atoms. The van der Waals surface area contributed by atoms with E-state index in [1.54, 1.807) is 7.05 Å². The maximum Gasteiger partial charge on any atom is 0.243 e. The largest absolute Gasteiger partial charge is 0.352 e. The van der Waals surface area contributed by atoms with Crippen molar-refractivity contribution in [3.8, 4) is 0 Å². The van der Waals surface area contributed by atoms with Crippen LogP contribution in [0.15, 0.2) is 17.1 Å². The first-order chi connectivity index (χ1) is 12.5. The van der Waals surface area contributed by atoms with E-state index in [9.17, 15) is 18.0 Å². The van der Waals surface area contributed by atoms with Crippen LogP contribution in [0.5, 0.6) is 0 Å². The van der Waals surface area contributed by atoms with Crippen LogP contribution in [0.4, 0.5) is 18.9 Å². The van der Waals surface area contributed by atoms with E-state index in [1.807, 2.05) is 0 Å². The number of anilines is 1. The summed E-state index contributed by atoms with van der Waals surface area (Å²) in [4.78, 5) is 18.4. The average molecular weight is 369 g/mol. The van der Waals surface area contributed by atoms with Gasteiger partial charge in [-0.25, -0.2) is 13.2 Å². The van der Waals surface area contributed by atoms with Gasteiger partial charge in [0, 0.05) is 32.2 Å². The standard InChI is InChI=1S/C17H22F3N5O/c1-21-17(23-10-6-7-25(9-10)11-2-3-11)22-8-14(26)24-13-5-4-12(18)15(19)16(13)20/h4-5,10-11H,2-3,6-9H2,1H3,(H,24,26)(H2,21,22,23). The number of hydrogen-bond donors (Lipinski definition) is 3. The second kappa shape index (κ2) is 7.94. The van der Waals surface area contributed by atoms with Crippen molar-refractivity contribution in [1.82, 2.24) is 15.5 Å². The van der Waals surface area contributed by atoms with Gasteiger partial charge in [0.2, 0.25) is 5.91 Å². The molecule has 3 N–H and O–H groups in total. The lowest BCUT2D eigenvalue weighted by atomic mass is 10.2. The third kappa shape index (κ3) is 4.46. The molecular weight excluding hydrogens is 347 g/mol. The zero-order valence-corrected chi connectivity index (χ0v) is 14.5.